The molecule has 3 heterocycles. The van der Waals surface area contributed by atoms with Crippen LogP contribution in [0.4, 0.5) is 4.79 Å². The molecule has 1 aromatic heterocycles. The summed E-state index contributed by atoms with van der Waals surface area (Å²) >= 11 is 0. The van der Waals surface area contributed by atoms with E-state index in [1.165, 1.54) is 6.07 Å². The Balaban J connectivity index is 1.53. The van der Waals surface area contributed by atoms with Crippen molar-refractivity contribution in [3.63, 3.8) is 0 Å². The summed E-state index contributed by atoms with van der Waals surface area (Å²) in [6.07, 6.45) is 1.15. The molecule has 33 heavy (non-hydrogen) atoms. The molecule has 2 amide bonds. The lowest BCUT2D eigenvalue weighted by Crippen LogP contribution is -2.51. The van der Waals surface area contributed by atoms with Gasteiger partial charge in [0.05, 0.1) is 12.0 Å². The first kappa shape index (κ1) is 22.9. The number of piperazine rings is 1. The van der Waals surface area contributed by atoms with E-state index in [2.05, 4.69) is 0 Å². The summed E-state index contributed by atoms with van der Waals surface area (Å²) < 4.78 is 22.7. The van der Waals surface area contributed by atoms with Crippen LogP contribution in [-0.2, 0) is 16.0 Å². The predicted molar refractivity (Wildman–Crippen MR) is 121 cm³/mol. The van der Waals surface area contributed by atoms with Crippen molar-refractivity contribution in [1.82, 2.24) is 9.80 Å². The number of aryl methyl sites for hydroxylation is 2. The van der Waals surface area contributed by atoms with Crippen molar-refractivity contribution in [2.45, 2.75) is 46.1 Å². The largest absolute Gasteiger partial charge is 0.487 e. The van der Waals surface area contributed by atoms with Gasteiger partial charge in [0.1, 0.15) is 22.7 Å². The van der Waals surface area contributed by atoms with E-state index in [1.54, 1.807) is 22.8 Å². The van der Waals surface area contributed by atoms with Gasteiger partial charge in [0.2, 0.25) is 0 Å². The molecule has 9 nitrogen and oxygen atoms in total. The second-order valence-electron chi connectivity index (χ2n) is 9.02. The van der Waals surface area contributed by atoms with Crippen molar-refractivity contribution < 1.29 is 28.2 Å². The van der Waals surface area contributed by atoms with Gasteiger partial charge in [0.25, 0.3) is 5.91 Å². The fraction of sp³-hybridized carbons (Fsp3) is 0.542. The summed E-state index contributed by atoms with van der Waals surface area (Å²) in [6.45, 7) is 9.41. The highest BCUT2D eigenvalue weighted by atomic mass is 16.6. The Hall–Kier alpha value is -3.23. The molecule has 0 aliphatic carbocycles. The fourth-order valence-electron chi connectivity index (χ4n) is 4.32. The van der Waals surface area contributed by atoms with Crippen molar-refractivity contribution in [3.05, 3.63) is 33.7 Å². The number of hydrogen-bond acceptors (Lipinski definition) is 7. The number of benzene rings is 1. The lowest BCUT2D eigenvalue weighted by atomic mass is 9.92. The van der Waals surface area contributed by atoms with E-state index in [9.17, 15) is 14.4 Å². The molecular formula is C24H30N2O7. The first-order valence-corrected chi connectivity index (χ1v) is 11.3. The SMILES string of the molecule is CCOC(=O)N1CCN(C(=O)COc2cc3c(c4oc(=O)cc(C)c24)CCC(C)(C)O3)CC1. The van der Waals surface area contributed by atoms with Gasteiger partial charge in [-0.25, -0.2) is 9.59 Å². The molecular weight excluding hydrogens is 428 g/mol. The van der Waals surface area contributed by atoms with Gasteiger partial charge in [-0.2, -0.15) is 0 Å². The molecule has 1 fully saturated rings. The van der Waals surface area contributed by atoms with Crippen LogP contribution in [0.5, 0.6) is 11.5 Å². The number of hydrogen-bond donors (Lipinski definition) is 0. The smallest absolute Gasteiger partial charge is 0.409 e. The number of carbonyl (C=O) groups is 2. The van der Waals surface area contributed by atoms with Crippen molar-refractivity contribution in [3.8, 4) is 11.5 Å². The molecule has 2 aliphatic heterocycles. The zero-order valence-electron chi connectivity index (χ0n) is 19.6. The van der Waals surface area contributed by atoms with Gasteiger partial charge in [-0.15, -0.1) is 0 Å². The number of rotatable bonds is 4. The maximum Gasteiger partial charge on any atom is 0.409 e. The van der Waals surface area contributed by atoms with Gasteiger partial charge in [-0.1, -0.05) is 0 Å². The molecule has 2 aliphatic rings. The molecule has 0 bridgehead atoms. The van der Waals surface area contributed by atoms with Crippen LogP contribution in [0.3, 0.4) is 0 Å². The molecule has 0 N–H and O–H groups in total. The molecule has 9 heteroatoms. The molecule has 1 aromatic carbocycles. The van der Waals surface area contributed by atoms with Crippen LogP contribution in [0.25, 0.3) is 11.0 Å². The molecule has 0 unspecified atom stereocenters. The number of amides is 2. The Labute approximate surface area is 192 Å². The number of fused-ring (bicyclic) bond motifs is 3. The zero-order valence-corrected chi connectivity index (χ0v) is 19.6. The van der Waals surface area contributed by atoms with Crippen LogP contribution in [-0.4, -0.2) is 66.8 Å². The maximum absolute atomic E-state index is 12.8. The molecule has 0 saturated carbocycles. The topological polar surface area (TPSA) is 98.5 Å². The number of ether oxygens (including phenoxy) is 3. The second kappa shape index (κ2) is 8.96. The highest BCUT2D eigenvalue weighted by Crippen LogP contribution is 2.42. The standard InChI is InChI=1S/C24H30N2O7/c1-5-30-23(29)26-10-8-25(9-11-26)19(27)14-31-18-13-17-16(6-7-24(3,4)33-17)22-21(18)15(2)12-20(28)32-22/h12-13H,5-11,14H2,1-4H3. The van der Waals surface area contributed by atoms with Crippen LogP contribution in [0.1, 0.15) is 38.3 Å². The first-order chi connectivity index (χ1) is 15.7. The average Bonchev–Trinajstić information content (AvgIpc) is 2.76. The van der Waals surface area contributed by atoms with Crippen LogP contribution in [0.2, 0.25) is 0 Å². The Kier molecular flexibility index (Phi) is 6.23. The van der Waals surface area contributed by atoms with E-state index in [-0.39, 0.29) is 24.2 Å². The van der Waals surface area contributed by atoms with E-state index in [0.29, 0.717) is 55.3 Å². The summed E-state index contributed by atoms with van der Waals surface area (Å²) in [7, 11) is 0. The minimum Gasteiger partial charge on any atom is -0.487 e. The third kappa shape index (κ3) is 4.77. The van der Waals surface area contributed by atoms with E-state index < -0.39 is 5.63 Å². The molecule has 2 aromatic rings. The molecule has 178 valence electrons. The summed E-state index contributed by atoms with van der Waals surface area (Å²) in [5.74, 6) is 0.875. The minimum atomic E-state index is -0.431. The van der Waals surface area contributed by atoms with E-state index in [0.717, 1.165) is 24.0 Å². The molecule has 0 radical (unpaired) electrons. The summed E-state index contributed by atoms with van der Waals surface area (Å²) in [5.41, 5.74) is 1.24. The van der Waals surface area contributed by atoms with Crippen molar-refractivity contribution in [2.24, 2.45) is 0 Å². The summed E-state index contributed by atoms with van der Waals surface area (Å²) in [4.78, 5) is 40.0. The van der Waals surface area contributed by atoms with Crippen molar-refractivity contribution in [2.75, 3.05) is 39.4 Å². The van der Waals surface area contributed by atoms with Crippen molar-refractivity contribution in [1.29, 1.82) is 0 Å². The fourth-order valence-corrected chi connectivity index (χ4v) is 4.32. The van der Waals surface area contributed by atoms with Gasteiger partial charge < -0.3 is 28.4 Å². The van der Waals surface area contributed by atoms with E-state index in [4.69, 9.17) is 18.6 Å². The quantitative estimate of drug-likeness (QED) is 0.650. The van der Waals surface area contributed by atoms with Gasteiger partial charge in [-0.3, -0.25) is 4.79 Å². The van der Waals surface area contributed by atoms with Gasteiger partial charge >= 0.3 is 11.7 Å². The third-order valence-corrected chi connectivity index (χ3v) is 6.11. The van der Waals surface area contributed by atoms with Crippen molar-refractivity contribution >= 4 is 23.0 Å². The summed E-state index contributed by atoms with van der Waals surface area (Å²) in [5, 5.41) is 0.677. The van der Waals surface area contributed by atoms with Gasteiger partial charge in [0.15, 0.2) is 6.61 Å². The Morgan fingerprint density at radius 2 is 1.82 bits per heavy atom. The van der Waals surface area contributed by atoms with Crippen LogP contribution >= 0.6 is 0 Å². The van der Waals surface area contributed by atoms with Gasteiger partial charge in [-0.05, 0) is 46.1 Å². The molecule has 1 saturated heterocycles. The van der Waals surface area contributed by atoms with Crippen LogP contribution in [0.15, 0.2) is 21.3 Å². The third-order valence-electron chi connectivity index (χ3n) is 6.11. The Morgan fingerprint density at radius 3 is 2.52 bits per heavy atom. The van der Waals surface area contributed by atoms with Crippen LogP contribution in [0, 0.1) is 6.92 Å². The molecule has 0 spiro atoms. The second-order valence-corrected chi connectivity index (χ2v) is 9.02. The van der Waals surface area contributed by atoms with E-state index >= 15 is 0 Å². The number of carbonyl (C=O) groups excluding carboxylic acids is 2. The molecule has 4 rings (SSSR count). The monoisotopic (exact) mass is 458 g/mol. The normalized spacial score (nSPS) is 17.3. The highest BCUT2D eigenvalue weighted by Gasteiger charge is 2.31. The minimum absolute atomic E-state index is 0.171. The molecule has 0 atom stereocenters. The lowest BCUT2D eigenvalue weighted by Gasteiger charge is -2.34. The predicted octanol–water partition coefficient (Wildman–Crippen LogP) is 2.88. The Morgan fingerprint density at radius 1 is 1.12 bits per heavy atom. The van der Waals surface area contributed by atoms with Gasteiger partial charge in [0, 0.05) is 43.9 Å². The maximum atomic E-state index is 12.8. The lowest BCUT2D eigenvalue weighted by molar-refractivity contribution is -0.134. The Bertz CT molecular complexity index is 1130. The first-order valence-electron chi connectivity index (χ1n) is 11.3. The van der Waals surface area contributed by atoms with E-state index in [1.807, 2.05) is 20.8 Å². The van der Waals surface area contributed by atoms with Crippen LogP contribution < -0.4 is 15.1 Å². The number of nitrogens with zero attached hydrogens (tertiary/aromatic N) is 2. The highest BCUT2D eigenvalue weighted by molar-refractivity contribution is 5.91. The average molecular weight is 459 g/mol. The summed E-state index contributed by atoms with van der Waals surface area (Å²) in [6, 6.07) is 3.21. The zero-order chi connectivity index (χ0) is 23.8.